The number of halogens is 3. The van der Waals surface area contributed by atoms with Gasteiger partial charge in [-0.05, 0) is 31.9 Å². The first-order valence-corrected chi connectivity index (χ1v) is 7.37. The Balaban J connectivity index is 1.83. The van der Waals surface area contributed by atoms with E-state index in [0.717, 1.165) is 11.6 Å². The van der Waals surface area contributed by atoms with Gasteiger partial charge in [0, 0.05) is 18.7 Å². The van der Waals surface area contributed by atoms with Crippen molar-refractivity contribution in [3.63, 3.8) is 0 Å². The quantitative estimate of drug-likeness (QED) is 0.876. The van der Waals surface area contributed by atoms with Crippen LogP contribution in [0.25, 0.3) is 0 Å². The van der Waals surface area contributed by atoms with Crippen LogP contribution in [-0.2, 0) is 19.1 Å². The van der Waals surface area contributed by atoms with Gasteiger partial charge in [0.1, 0.15) is 5.76 Å². The van der Waals surface area contributed by atoms with Crippen molar-refractivity contribution in [3.05, 3.63) is 52.4 Å². The van der Waals surface area contributed by atoms with Gasteiger partial charge in [0.2, 0.25) is 0 Å². The Hall–Kier alpha value is -2.51. The van der Waals surface area contributed by atoms with Gasteiger partial charge in [-0.15, -0.1) is 0 Å². The molecule has 0 aliphatic heterocycles. The van der Waals surface area contributed by atoms with Crippen LogP contribution < -0.4 is 10.6 Å². The fourth-order valence-electron chi connectivity index (χ4n) is 2.31. The molecule has 1 aromatic heterocycles. The van der Waals surface area contributed by atoms with Gasteiger partial charge >= 0.3 is 12.2 Å². The first-order valence-electron chi connectivity index (χ1n) is 7.37. The number of amides is 2. The number of aryl methyl sites for hydroxylation is 2. The summed E-state index contributed by atoms with van der Waals surface area (Å²) >= 11 is 0. The molecule has 2 amide bonds. The van der Waals surface area contributed by atoms with Crippen LogP contribution in [-0.4, -0.2) is 17.7 Å². The number of rotatable bonds is 5. The van der Waals surface area contributed by atoms with Gasteiger partial charge < -0.3 is 15.2 Å². The number of benzene rings is 1. The van der Waals surface area contributed by atoms with Crippen LogP contribution in [0, 0.1) is 13.8 Å². The molecule has 5 nitrogen and oxygen atoms in total. The minimum atomic E-state index is -4.40. The molecule has 0 unspecified atom stereocenters. The molecule has 8 heteroatoms. The summed E-state index contributed by atoms with van der Waals surface area (Å²) in [5.41, 5.74) is 0.943. The fraction of sp³-hybridized carbons (Fsp3) is 0.375. The number of aromatic nitrogens is 1. The highest BCUT2D eigenvalue weighted by atomic mass is 19.4. The van der Waals surface area contributed by atoms with Crippen molar-refractivity contribution >= 4 is 6.03 Å². The van der Waals surface area contributed by atoms with Crippen LogP contribution >= 0.6 is 0 Å². The van der Waals surface area contributed by atoms with E-state index in [0.29, 0.717) is 11.5 Å². The third kappa shape index (κ3) is 4.50. The van der Waals surface area contributed by atoms with E-state index < -0.39 is 17.8 Å². The molecule has 1 heterocycles. The second kappa shape index (κ2) is 7.37. The van der Waals surface area contributed by atoms with Crippen LogP contribution in [0.5, 0.6) is 0 Å². The van der Waals surface area contributed by atoms with Crippen molar-refractivity contribution in [1.82, 2.24) is 15.8 Å². The maximum absolute atomic E-state index is 12.9. The molecule has 2 aromatic rings. The summed E-state index contributed by atoms with van der Waals surface area (Å²) in [4.78, 5) is 11.7. The van der Waals surface area contributed by atoms with E-state index in [4.69, 9.17) is 4.52 Å². The van der Waals surface area contributed by atoms with Crippen molar-refractivity contribution in [3.8, 4) is 0 Å². The minimum Gasteiger partial charge on any atom is -0.361 e. The summed E-state index contributed by atoms with van der Waals surface area (Å²) < 4.78 is 43.6. The Labute approximate surface area is 137 Å². The van der Waals surface area contributed by atoms with Crippen LogP contribution in [0.4, 0.5) is 18.0 Å². The van der Waals surface area contributed by atoms with E-state index in [1.54, 1.807) is 19.9 Å². The summed E-state index contributed by atoms with van der Waals surface area (Å²) in [6, 6.07) is 4.87. The minimum absolute atomic E-state index is 0.0917. The van der Waals surface area contributed by atoms with E-state index in [1.165, 1.54) is 12.1 Å². The van der Waals surface area contributed by atoms with Gasteiger partial charge in [-0.1, -0.05) is 23.4 Å². The van der Waals surface area contributed by atoms with Crippen molar-refractivity contribution in [2.24, 2.45) is 0 Å². The molecule has 0 spiro atoms. The average Bonchev–Trinajstić information content (AvgIpc) is 2.83. The van der Waals surface area contributed by atoms with Gasteiger partial charge in [0.05, 0.1) is 11.3 Å². The van der Waals surface area contributed by atoms with Gasteiger partial charge in [-0.3, -0.25) is 0 Å². The monoisotopic (exact) mass is 341 g/mol. The molecule has 0 saturated heterocycles. The molecule has 24 heavy (non-hydrogen) atoms. The topological polar surface area (TPSA) is 67.2 Å². The van der Waals surface area contributed by atoms with Crippen molar-refractivity contribution < 1.29 is 22.5 Å². The zero-order valence-corrected chi connectivity index (χ0v) is 13.3. The second-order valence-corrected chi connectivity index (χ2v) is 5.32. The number of hydrogen-bond donors (Lipinski definition) is 2. The molecule has 0 fully saturated rings. The summed E-state index contributed by atoms with van der Waals surface area (Å²) in [5, 5.41) is 8.94. The number of carbonyl (C=O) groups excluding carboxylic acids is 1. The number of carbonyl (C=O) groups is 1. The van der Waals surface area contributed by atoms with Crippen LogP contribution in [0.15, 0.2) is 28.8 Å². The second-order valence-electron chi connectivity index (χ2n) is 5.32. The molecule has 0 saturated carbocycles. The van der Waals surface area contributed by atoms with E-state index in [2.05, 4.69) is 15.8 Å². The van der Waals surface area contributed by atoms with Crippen molar-refractivity contribution in [2.45, 2.75) is 33.0 Å². The largest absolute Gasteiger partial charge is 0.416 e. The third-order valence-corrected chi connectivity index (χ3v) is 3.61. The van der Waals surface area contributed by atoms with Gasteiger partial charge in [-0.2, -0.15) is 13.2 Å². The Morgan fingerprint density at radius 1 is 1.21 bits per heavy atom. The standard InChI is InChI=1S/C16H18F3N3O2/c1-10-13(11(2)24-22-10)9-21-15(23)20-8-7-12-5-3-4-6-14(12)16(17,18)19/h3-6H,7-9H2,1-2H3,(H2,20,21,23). The molecule has 0 aliphatic rings. The predicted molar refractivity (Wildman–Crippen MR) is 81.4 cm³/mol. The zero-order chi connectivity index (χ0) is 17.7. The molecule has 2 rings (SSSR count). The van der Waals surface area contributed by atoms with Crippen LogP contribution in [0.1, 0.15) is 28.1 Å². The molecule has 1 aromatic carbocycles. The molecular weight excluding hydrogens is 323 g/mol. The first-order chi connectivity index (χ1) is 11.3. The Morgan fingerprint density at radius 3 is 2.54 bits per heavy atom. The summed E-state index contributed by atoms with van der Waals surface area (Å²) in [5.74, 6) is 0.618. The summed E-state index contributed by atoms with van der Waals surface area (Å²) in [7, 11) is 0. The number of nitrogens with one attached hydrogen (secondary N) is 2. The van der Waals surface area contributed by atoms with E-state index in [-0.39, 0.29) is 25.1 Å². The molecule has 2 N–H and O–H groups in total. The molecule has 130 valence electrons. The summed E-state index contributed by atoms with van der Waals surface area (Å²) in [6.45, 7) is 3.84. The maximum Gasteiger partial charge on any atom is 0.416 e. The van der Waals surface area contributed by atoms with E-state index >= 15 is 0 Å². The highest BCUT2D eigenvalue weighted by Crippen LogP contribution is 2.31. The lowest BCUT2D eigenvalue weighted by Gasteiger charge is -2.13. The Morgan fingerprint density at radius 2 is 1.92 bits per heavy atom. The summed E-state index contributed by atoms with van der Waals surface area (Å²) in [6.07, 6.45) is -4.31. The predicted octanol–water partition coefficient (Wildman–Crippen LogP) is 3.35. The lowest BCUT2D eigenvalue weighted by Crippen LogP contribution is -2.36. The smallest absolute Gasteiger partial charge is 0.361 e. The molecule has 0 atom stereocenters. The highest BCUT2D eigenvalue weighted by Gasteiger charge is 2.32. The van der Waals surface area contributed by atoms with Crippen molar-refractivity contribution in [2.75, 3.05) is 6.54 Å². The Bertz CT molecular complexity index is 691. The molecular formula is C16H18F3N3O2. The number of urea groups is 1. The number of nitrogens with zero attached hydrogens (tertiary/aromatic N) is 1. The van der Waals surface area contributed by atoms with E-state index in [1.807, 2.05) is 0 Å². The average molecular weight is 341 g/mol. The third-order valence-electron chi connectivity index (χ3n) is 3.61. The van der Waals surface area contributed by atoms with Crippen LogP contribution in [0.2, 0.25) is 0 Å². The van der Waals surface area contributed by atoms with Gasteiger partial charge in [0.25, 0.3) is 0 Å². The number of hydrogen-bond acceptors (Lipinski definition) is 3. The van der Waals surface area contributed by atoms with E-state index in [9.17, 15) is 18.0 Å². The van der Waals surface area contributed by atoms with Crippen LogP contribution in [0.3, 0.4) is 0 Å². The fourth-order valence-corrected chi connectivity index (χ4v) is 2.31. The first kappa shape index (κ1) is 17.8. The zero-order valence-electron chi connectivity index (χ0n) is 13.3. The lowest BCUT2D eigenvalue weighted by atomic mass is 10.0. The number of alkyl halides is 3. The maximum atomic E-state index is 12.9. The molecule has 0 aliphatic carbocycles. The van der Waals surface area contributed by atoms with Gasteiger partial charge in [-0.25, -0.2) is 4.79 Å². The van der Waals surface area contributed by atoms with Gasteiger partial charge in [0.15, 0.2) is 0 Å². The highest BCUT2D eigenvalue weighted by molar-refractivity contribution is 5.73. The van der Waals surface area contributed by atoms with Crippen molar-refractivity contribution in [1.29, 1.82) is 0 Å². The molecule has 0 radical (unpaired) electrons. The SMILES string of the molecule is Cc1noc(C)c1CNC(=O)NCCc1ccccc1C(F)(F)F. The Kier molecular flexibility index (Phi) is 5.48. The molecule has 0 bridgehead atoms. The normalized spacial score (nSPS) is 11.4. The lowest BCUT2D eigenvalue weighted by molar-refractivity contribution is -0.138.